The van der Waals surface area contributed by atoms with E-state index < -0.39 is 8.07 Å². The largest absolute Gasteiger partial charge is 0.0891 e. The highest BCUT2D eigenvalue weighted by atomic mass is 28.3. The molecule has 0 bridgehead atoms. The lowest BCUT2D eigenvalue weighted by molar-refractivity contribution is 0.766. The number of hydrogen-bond donors (Lipinski definition) is 0. The fourth-order valence-corrected chi connectivity index (χ4v) is 13.3. The van der Waals surface area contributed by atoms with Gasteiger partial charge < -0.3 is 0 Å². The average Bonchev–Trinajstić information content (AvgIpc) is 2.72. The van der Waals surface area contributed by atoms with Crippen LogP contribution in [-0.4, -0.2) is 8.07 Å². The van der Waals surface area contributed by atoms with Gasteiger partial charge >= 0.3 is 0 Å². The molecule has 2 rings (SSSR count). The number of benzene rings is 2. The van der Waals surface area contributed by atoms with Crippen molar-refractivity contribution in [3.63, 3.8) is 0 Å². The summed E-state index contributed by atoms with van der Waals surface area (Å²) >= 11 is 0. The van der Waals surface area contributed by atoms with E-state index in [1.165, 1.54) is 49.7 Å². The van der Waals surface area contributed by atoms with Crippen LogP contribution in [0.25, 0.3) is 0 Å². The molecule has 2 aromatic rings. The molecule has 0 nitrogen and oxygen atoms in total. The second kappa shape index (κ2) is 12.3. The molecule has 0 saturated heterocycles. The highest BCUT2D eigenvalue weighted by Gasteiger charge is 2.45. The van der Waals surface area contributed by atoms with Gasteiger partial charge in [0, 0.05) is 0 Å². The van der Waals surface area contributed by atoms with Gasteiger partial charge in [-0.2, -0.15) is 0 Å². The Bertz CT molecular complexity index is 719. The Morgan fingerprint density at radius 1 is 0.667 bits per heavy atom. The Kier molecular flexibility index (Phi) is 10.1. The van der Waals surface area contributed by atoms with Crippen LogP contribution in [0.4, 0.5) is 0 Å². The Hall–Kier alpha value is -1.60. The summed E-state index contributed by atoms with van der Waals surface area (Å²) in [6, 6.07) is 22.0. The monoisotopic (exact) mass is 420 g/mol. The van der Waals surface area contributed by atoms with Crippen molar-refractivity contribution in [2.75, 3.05) is 0 Å². The zero-order valence-corrected chi connectivity index (χ0v) is 21.3. The quantitative estimate of drug-likeness (QED) is 0.237. The van der Waals surface area contributed by atoms with Crippen LogP contribution in [0.15, 0.2) is 71.9 Å². The first-order valence-corrected chi connectivity index (χ1v) is 14.4. The highest BCUT2D eigenvalue weighted by molar-refractivity contribution is 6.89. The van der Waals surface area contributed by atoms with Gasteiger partial charge in [0.15, 0.2) is 0 Å². The lowest BCUT2D eigenvalue weighted by atomic mass is 10.1. The van der Waals surface area contributed by atoms with E-state index in [1.807, 2.05) is 5.20 Å². The molecular weight excluding hydrogens is 376 g/mol. The molecule has 1 heteroatoms. The van der Waals surface area contributed by atoms with Gasteiger partial charge in [-0.3, -0.25) is 0 Å². The van der Waals surface area contributed by atoms with Crippen molar-refractivity contribution in [2.24, 2.45) is 0 Å². The van der Waals surface area contributed by atoms with E-state index in [0.29, 0.717) is 0 Å². The highest BCUT2D eigenvalue weighted by Crippen LogP contribution is 2.48. The van der Waals surface area contributed by atoms with Crippen LogP contribution >= 0.6 is 0 Å². The number of unbranched alkanes of at least 4 members (excludes halogenated alkanes) is 1. The fourth-order valence-electron chi connectivity index (χ4n) is 5.96. The Morgan fingerprint density at radius 3 is 1.53 bits per heavy atom. The molecule has 30 heavy (non-hydrogen) atoms. The number of hydrogen-bond acceptors (Lipinski definition) is 0. The number of aryl methyl sites for hydroxylation is 2. The molecule has 0 aliphatic rings. The molecule has 0 aromatic heterocycles. The van der Waals surface area contributed by atoms with Gasteiger partial charge in [0.1, 0.15) is 0 Å². The van der Waals surface area contributed by atoms with Gasteiger partial charge in [-0.1, -0.05) is 113 Å². The van der Waals surface area contributed by atoms with E-state index in [0.717, 1.165) is 16.6 Å². The molecule has 0 saturated carbocycles. The molecular formula is C29H44Si. The van der Waals surface area contributed by atoms with Crippen LogP contribution in [0.3, 0.4) is 0 Å². The summed E-state index contributed by atoms with van der Waals surface area (Å²) < 4.78 is 0. The van der Waals surface area contributed by atoms with E-state index >= 15 is 0 Å². The minimum atomic E-state index is -1.56. The van der Waals surface area contributed by atoms with E-state index in [1.54, 1.807) is 0 Å². The Balaban J connectivity index is 2.16. The van der Waals surface area contributed by atoms with Crippen LogP contribution in [-0.2, 0) is 12.8 Å². The lowest BCUT2D eigenvalue weighted by Crippen LogP contribution is -2.47. The van der Waals surface area contributed by atoms with Crippen LogP contribution in [0.1, 0.15) is 78.4 Å². The fraction of sp³-hybridized carbons (Fsp3) is 0.517. The molecule has 0 atom stereocenters. The summed E-state index contributed by atoms with van der Waals surface area (Å²) in [7, 11) is -1.56. The maximum atomic E-state index is 2.69. The van der Waals surface area contributed by atoms with Crippen molar-refractivity contribution >= 4 is 8.07 Å². The van der Waals surface area contributed by atoms with Crippen molar-refractivity contribution in [1.82, 2.24) is 0 Å². The maximum absolute atomic E-state index is 2.69. The summed E-state index contributed by atoms with van der Waals surface area (Å²) in [5.74, 6) is 0. The van der Waals surface area contributed by atoms with E-state index in [-0.39, 0.29) is 0 Å². The first kappa shape index (κ1) is 24.7. The maximum Gasteiger partial charge on any atom is 0.0886 e. The molecule has 0 heterocycles. The van der Waals surface area contributed by atoms with Crippen molar-refractivity contribution in [1.29, 1.82) is 0 Å². The normalized spacial score (nSPS) is 12.9. The summed E-state index contributed by atoms with van der Waals surface area (Å²) in [5, 5.41) is 1.85. The third kappa shape index (κ3) is 6.45. The topological polar surface area (TPSA) is 0 Å². The summed E-state index contributed by atoms with van der Waals surface area (Å²) in [6.07, 6.45) is 10.1. The van der Waals surface area contributed by atoms with Crippen molar-refractivity contribution in [3.05, 3.63) is 83.1 Å². The van der Waals surface area contributed by atoms with Gasteiger partial charge in [0.25, 0.3) is 0 Å². The molecule has 0 aliphatic heterocycles. The van der Waals surface area contributed by atoms with E-state index in [4.69, 9.17) is 0 Å². The van der Waals surface area contributed by atoms with E-state index in [9.17, 15) is 0 Å². The molecule has 0 N–H and O–H groups in total. The van der Waals surface area contributed by atoms with Gasteiger partial charge in [-0.15, -0.1) is 0 Å². The summed E-state index contributed by atoms with van der Waals surface area (Å²) in [4.78, 5) is 0. The molecule has 0 aliphatic carbocycles. The van der Waals surface area contributed by atoms with Crippen LogP contribution < -0.4 is 0 Å². The van der Waals surface area contributed by atoms with Crippen molar-refractivity contribution in [2.45, 2.75) is 96.7 Å². The molecule has 0 fully saturated rings. The van der Waals surface area contributed by atoms with Gasteiger partial charge in [0.2, 0.25) is 0 Å². The first-order chi connectivity index (χ1) is 14.4. The molecule has 2 aromatic carbocycles. The Labute approximate surface area is 187 Å². The van der Waals surface area contributed by atoms with Crippen molar-refractivity contribution in [3.8, 4) is 0 Å². The predicted molar refractivity (Wildman–Crippen MR) is 138 cm³/mol. The third-order valence-electron chi connectivity index (χ3n) is 7.08. The van der Waals surface area contributed by atoms with Crippen LogP contribution in [0.2, 0.25) is 16.6 Å². The number of allylic oxidation sites excluding steroid dienone is 2. The SMILES string of the molecule is CC(C)[Si](/C(=C/CCCc1ccccc1)CCCc1ccccc1)(C(C)C)C(C)C. The molecule has 0 radical (unpaired) electrons. The smallest absolute Gasteiger partial charge is 0.0886 e. The van der Waals surface area contributed by atoms with E-state index in [2.05, 4.69) is 108 Å². The molecule has 0 amide bonds. The molecule has 164 valence electrons. The molecule has 0 unspecified atom stereocenters. The van der Waals surface area contributed by atoms with Crippen LogP contribution in [0, 0.1) is 0 Å². The second-order valence-corrected chi connectivity index (χ2v) is 15.8. The average molecular weight is 421 g/mol. The zero-order valence-electron chi connectivity index (χ0n) is 20.3. The third-order valence-corrected chi connectivity index (χ3v) is 14.4. The standard InChI is InChI=1S/C29H44Si/c1-24(2)30(25(3)4,26(5)6)29(23-15-21-28-18-11-8-12-19-28)22-14-13-20-27-16-9-7-10-17-27/h7-12,16-19,22,24-26H,13-15,20-21,23H2,1-6H3/b29-22+. The van der Waals surface area contributed by atoms with Gasteiger partial charge in [-0.05, 0) is 66.3 Å². The van der Waals surface area contributed by atoms with Crippen molar-refractivity contribution < 1.29 is 0 Å². The lowest BCUT2D eigenvalue weighted by Gasteiger charge is -2.45. The minimum Gasteiger partial charge on any atom is -0.0891 e. The predicted octanol–water partition coefficient (Wildman–Crippen LogP) is 9.18. The summed E-state index contributed by atoms with van der Waals surface area (Å²) in [6.45, 7) is 15.0. The minimum absolute atomic E-state index is 0.787. The summed E-state index contributed by atoms with van der Waals surface area (Å²) in [5.41, 5.74) is 5.31. The van der Waals surface area contributed by atoms with Crippen LogP contribution in [0.5, 0.6) is 0 Å². The first-order valence-electron chi connectivity index (χ1n) is 12.2. The number of rotatable bonds is 12. The second-order valence-electron chi connectivity index (χ2n) is 9.84. The van der Waals surface area contributed by atoms with Gasteiger partial charge in [0.05, 0.1) is 8.07 Å². The van der Waals surface area contributed by atoms with Gasteiger partial charge in [-0.25, -0.2) is 0 Å². The molecule has 0 spiro atoms. The Morgan fingerprint density at radius 2 is 1.10 bits per heavy atom. The zero-order chi connectivity index (χ0) is 22.0.